The molecule has 0 saturated heterocycles. The van der Waals surface area contributed by atoms with E-state index in [0.29, 0.717) is 0 Å². The molecule has 1 aromatic carbocycles. The van der Waals surface area contributed by atoms with Crippen molar-refractivity contribution >= 4 is 5.91 Å². The fourth-order valence-corrected chi connectivity index (χ4v) is 1.89. The van der Waals surface area contributed by atoms with Crippen LogP contribution >= 0.6 is 0 Å². The van der Waals surface area contributed by atoms with Crippen molar-refractivity contribution in [2.75, 3.05) is 0 Å². The normalized spacial score (nSPS) is 15.9. The molecule has 0 fully saturated rings. The minimum Gasteiger partial charge on any atom is -0.349 e. The first kappa shape index (κ1) is 14.7. The third-order valence-corrected chi connectivity index (χ3v) is 3.46. The number of hydrogen-bond acceptors (Lipinski definition) is 2. The summed E-state index contributed by atoms with van der Waals surface area (Å²) in [5.74, 6) is -0.157. The second kappa shape index (κ2) is 6.01. The molecule has 0 heterocycles. The highest BCUT2D eigenvalue weighted by Crippen LogP contribution is 2.19. The lowest BCUT2D eigenvalue weighted by Crippen LogP contribution is -2.39. The quantitative estimate of drug-likeness (QED) is 0.860. The summed E-state index contributed by atoms with van der Waals surface area (Å²) in [5.41, 5.74) is 9.31. The van der Waals surface area contributed by atoms with Crippen molar-refractivity contribution in [2.24, 2.45) is 11.7 Å². The van der Waals surface area contributed by atoms with Crippen molar-refractivity contribution < 1.29 is 4.79 Å². The summed E-state index contributed by atoms with van der Waals surface area (Å²) in [4.78, 5) is 12.0. The molecule has 3 unspecified atom stereocenters. The van der Waals surface area contributed by atoms with Crippen molar-refractivity contribution in [3.05, 3.63) is 34.9 Å². The van der Waals surface area contributed by atoms with Gasteiger partial charge in [-0.3, -0.25) is 4.79 Å². The first-order chi connectivity index (χ1) is 8.32. The van der Waals surface area contributed by atoms with E-state index >= 15 is 0 Å². The molecule has 1 rings (SSSR count). The molecule has 0 spiro atoms. The number of carbonyl (C=O) groups excluding carboxylic acids is 1. The predicted octanol–water partition coefficient (Wildman–Crippen LogP) is 2.46. The van der Waals surface area contributed by atoms with Crippen molar-refractivity contribution in [1.82, 2.24) is 5.32 Å². The molecule has 18 heavy (non-hydrogen) atoms. The highest BCUT2D eigenvalue weighted by molar-refractivity contribution is 5.79. The second-order valence-electron chi connectivity index (χ2n) is 5.24. The Balaban J connectivity index is 2.79. The van der Waals surface area contributed by atoms with Gasteiger partial charge in [-0.15, -0.1) is 0 Å². The zero-order valence-corrected chi connectivity index (χ0v) is 11.9. The second-order valence-corrected chi connectivity index (χ2v) is 5.24. The van der Waals surface area contributed by atoms with Gasteiger partial charge in [0.05, 0.1) is 6.04 Å². The van der Waals surface area contributed by atoms with E-state index in [9.17, 15) is 4.79 Å². The summed E-state index contributed by atoms with van der Waals surface area (Å²) >= 11 is 0. The Morgan fingerprint density at radius 2 is 1.83 bits per heavy atom. The van der Waals surface area contributed by atoms with Crippen molar-refractivity contribution in [3.8, 4) is 0 Å². The molecule has 3 N–H and O–H groups in total. The van der Waals surface area contributed by atoms with Crippen LogP contribution in [0.1, 0.15) is 43.5 Å². The zero-order chi connectivity index (χ0) is 13.9. The zero-order valence-electron chi connectivity index (χ0n) is 11.9. The highest BCUT2D eigenvalue weighted by Gasteiger charge is 2.19. The van der Waals surface area contributed by atoms with Gasteiger partial charge >= 0.3 is 0 Å². The van der Waals surface area contributed by atoms with Crippen LogP contribution in [0.15, 0.2) is 18.2 Å². The van der Waals surface area contributed by atoms with E-state index in [1.54, 1.807) is 0 Å². The Morgan fingerprint density at radius 3 is 2.39 bits per heavy atom. The minimum atomic E-state index is -0.169. The molecule has 0 aliphatic heterocycles. The summed E-state index contributed by atoms with van der Waals surface area (Å²) in [6.45, 7) is 9.84. The van der Waals surface area contributed by atoms with Gasteiger partial charge in [0.2, 0.25) is 5.91 Å². The summed E-state index contributed by atoms with van der Waals surface area (Å²) in [6.07, 6.45) is 0. The lowest BCUT2D eigenvalue weighted by Gasteiger charge is -2.21. The molecule has 0 aliphatic rings. The standard InChI is InChI=1S/C15H24N2O/c1-9-6-7-10(2)14(8-9)13(5)17-15(18)11(3)12(4)16/h6-8,11-13H,16H2,1-5H3,(H,17,18). The van der Waals surface area contributed by atoms with Gasteiger partial charge in [0, 0.05) is 12.0 Å². The number of amides is 1. The molecule has 3 nitrogen and oxygen atoms in total. The fraction of sp³-hybridized carbons (Fsp3) is 0.533. The highest BCUT2D eigenvalue weighted by atomic mass is 16.1. The maximum atomic E-state index is 12.0. The maximum absolute atomic E-state index is 12.0. The van der Waals surface area contributed by atoms with Crippen LogP contribution in [0, 0.1) is 19.8 Å². The monoisotopic (exact) mass is 248 g/mol. The van der Waals surface area contributed by atoms with E-state index in [0.717, 1.165) is 0 Å². The van der Waals surface area contributed by atoms with Crippen molar-refractivity contribution in [3.63, 3.8) is 0 Å². The van der Waals surface area contributed by atoms with Crippen LogP contribution in [-0.4, -0.2) is 11.9 Å². The molecule has 3 heteroatoms. The topological polar surface area (TPSA) is 55.1 Å². The van der Waals surface area contributed by atoms with Gasteiger partial charge in [0.25, 0.3) is 0 Å². The SMILES string of the molecule is Cc1ccc(C)c(C(C)NC(=O)C(C)C(C)N)c1. The van der Waals surface area contributed by atoms with Gasteiger partial charge in [-0.1, -0.05) is 30.7 Å². The summed E-state index contributed by atoms with van der Waals surface area (Å²) in [5, 5.41) is 3.03. The Hall–Kier alpha value is -1.35. The first-order valence-electron chi connectivity index (χ1n) is 6.46. The van der Waals surface area contributed by atoms with Crippen LogP contribution in [0.5, 0.6) is 0 Å². The van der Waals surface area contributed by atoms with Gasteiger partial charge in [-0.05, 0) is 38.8 Å². The average molecular weight is 248 g/mol. The molecular weight excluding hydrogens is 224 g/mol. The molecule has 0 bridgehead atoms. The average Bonchev–Trinajstić information content (AvgIpc) is 2.30. The Morgan fingerprint density at radius 1 is 1.22 bits per heavy atom. The lowest BCUT2D eigenvalue weighted by atomic mass is 9.98. The van der Waals surface area contributed by atoms with E-state index in [1.807, 2.05) is 20.8 Å². The van der Waals surface area contributed by atoms with Crippen LogP contribution < -0.4 is 11.1 Å². The van der Waals surface area contributed by atoms with Crippen molar-refractivity contribution in [2.45, 2.75) is 46.7 Å². The van der Waals surface area contributed by atoms with Crippen LogP contribution in [0.2, 0.25) is 0 Å². The summed E-state index contributed by atoms with van der Waals surface area (Å²) in [7, 11) is 0. The van der Waals surface area contributed by atoms with E-state index in [4.69, 9.17) is 5.73 Å². The molecule has 0 aromatic heterocycles. The van der Waals surface area contributed by atoms with Gasteiger partial charge in [-0.25, -0.2) is 0 Å². The largest absolute Gasteiger partial charge is 0.349 e. The number of carbonyl (C=O) groups is 1. The molecule has 0 radical (unpaired) electrons. The van der Waals surface area contributed by atoms with Crippen LogP contribution in [0.3, 0.4) is 0 Å². The minimum absolute atomic E-state index is 0.0124. The number of rotatable bonds is 4. The number of hydrogen-bond donors (Lipinski definition) is 2. The molecule has 100 valence electrons. The molecule has 1 aromatic rings. The predicted molar refractivity (Wildman–Crippen MR) is 75.3 cm³/mol. The smallest absolute Gasteiger partial charge is 0.224 e. The maximum Gasteiger partial charge on any atom is 0.224 e. The number of aryl methyl sites for hydroxylation is 2. The molecule has 3 atom stereocenters. The Labute approximate surface area is 110 Å². The van der Waals surface area contributed by atoms with E-state index in [2.05, 4.69) is 37.4 Å². The Bertz CT molecular complexity index is 427. The third kappa shape index (κ3) is 3.57. The fourth-order valence-electron chi connectivity index (χ4n) is 1.89. The van der Waals surface area contributed by atoms with E-state index < -0.39 is 0 Å². The Kier molecular flexibility index (Phi) is 4.91. The third-order valence-electron chi connectivity index (χ3n) is 3.46. The van der Waals surface area contributed by atoms with Crippen LogP contribution in [0.25, 0.3) is 0 Å². The lowest BCUT2D eigenvalue weighted by molar-refractivity contribution is -0.125. The molecule has 0 saturated carbocycles. The van der Waals surface area contributed by atoms with Crippen molar-refractivity contribution in [1.29, 1.82) is 0 Å². The van der Waals surface area contributed by atoms with E-state index in [1.165, 1.54) is 16.7 Å². The molecule has 0 aliphatic carbocycles. The van der Waals surface area contributed by atoms with Gasteiger partial charge in [0.1, 0.15) is 0 Å². The van der Waals surface area contributed by atoms with E-state index in [-0.39, 0.29) is 23.9 Å². The van der Waals surface area contributed by atoms with Gasteiger partial charge in [0.15, 0.2) is 0 Å². The van der Waals surface area contributed by atoms with Crippen LogP contribution in [-0.2, 0) is 4.79 Å². The van der Waals surface area contributed by atoms with Gasteiger partial charge in [-0.2, -0.15) is 0 Å². The number of nitrogens with two attached hydrogens (primary N) is 1. The molecular formula is C15H24N2O. The summed E-state index contributed by atoms with van der Waals surface area (Å²) < 4.78 is 0. The van der Waals surface area contributed by atoms with Gasteiger partial charge < -0.3 is 11.1 Å². The molecule has 1 amide bonds. The number of nitrogens with one attached hydrogen (secondary N) is 1. The first-order valence-corrected chi connectivity index (χ1v) is 6.46. The summed E-state index contributed by atoms with van der Waals surface area (Å²) in [6, 6.07) is 6.17. The van der Waals surface area contributed by atoms with Crippen LogP contribution in [0.4, 0.5) is 0 Å². The number of benzene rings is 1.